The van der Waals surface area contributed by atoms with Crippen LogP contribution in [0.1, 0.15) is 19.8 Å². The van der Waals surface area contributed by atoms with Gasteiger partial charge in [-0.05, 0) is 38.0 Å². The fourth-order valence-electron chi connectivity index (χ4n) is 3.09. The Kier molecular flexibility index (Phi) is 3.52. The van der Waals surface area contributed by atoms with Gasteiger partial charge >= 0.3 is 0 Å². The number of aromatic nitrogens is 3. The van der Waals surface area contributed by atoms with Crippen molar-refractivity contribution in [1.82, 2.24) is 14.8 Å². The normalized spacial score (nSPS) is 14.1. The van der Waals surface area contributed by atoms with E-state index in [4.69, 9.17) is 4.74 Å². The highest BCUT2D eigenvalue weighted by atomic mass is 16.5. The number of aryl methyl sites for hydroxylation is 1. The van der Waals surface area contributed by atoms with Gasteiger partial charge in [-0.1, -0.05) is 6.07 Å². The molecule has 6 heteroatoms. The van der Waals surface area contributed by atoms with Gasteiger partial charge in [0.1, 0.15) is 5.75 Å². The molecule has 1 aliphatic rings. The summed E-state index contributed by atoms with van der Waals surface area (Å²) < 4.78 is 7.68. The number of benzene rings is 1. The molecule has 0 atom stereocenters. The van der Waals surface area contributed by atoms with E-state index in [-0.39, 0.29) is 11.8 Å². The molecule has 0 spiro atoms. The summed E-state index contributed by atoms with van der Waals surface area (Å²) in [6, 6.07) is 10.0. The van der Waals surface area contributed by atoms with Crippen LogP contribution in [0.25, 0.3) is 22.3 Å². The van der Waals surface area contributed by atoms with Crippen LogP contribution < -0.4 is 10.1 Å². The molecule has 124 valence electrons. The molecule has 6 nitrogen and oxygen atoms in total. The second kappa shape index (κ2) is 5.70. The van der Waals surface area contributed by atoms with Crippen molar-refractivity contribution in [3.05, 3.63) is 30.3 Å². The highest BCUT2D eigenvalue weighted by molar-refractivity contribution is 5.94. The summed E-state index contributed by atoms with van der Waals surface area (Å²) in [6.45, 7) is 2.93. The molecule has 4 rings (SSSR count). The zero-order valence-corrected chi connectivity index (χ0v) is 13.8. The maximum atomic E-state index is 11.9. The molecule has 2 N–H and O–H groups in total. The largest absolute Gasteiger partial charge is 0.496 e. The molecule has 0 radical (unpaired) electrons. The number of carbonyl (C=O) groups excluding carboxylic acids is 1. The quantitative estimate of drug-likeness (QED) is 0.755. The van der Waals surface area contributed by atoms with Gasteiger partial charge in [-0.15, -0.1) is 0 Å². The predicted molar refractivity (Wildman–Crippen MR) is 93.1 cm³/mol. The number of hydrogen-bond acceptors (Lipinski definition) is 3. The highest BCUT2D eigenvalue weighted by Gasteiger charge is 2.30. The van der Waals surface area contributed by atoms with Crippen molar-refractivity contribution in [1.29, 1.82) is 0 Å². The van der Waals surface area contributed by atoms with Crippen LogP contribution in [0.15, 0.2) is 30.3 Å². The molecular formula is C18H20N4O2. The number of nitrogens with one attached hydrogen (secondary N) is 2. The summed E-state index contributed by atoms with van der Waals surface area (Å²) >= 11 is 0. The number of amides is 1. The van der Waals surface area contributed by atoms with E-state index < -0.39 is 0 Å². The third-order valence-corrected chi connectivity index (χ3v) is 4.50. The lowest BCUT2D eigenvalue weighted by Crippen LogP contribution is -2.13. The smallest absolute Gasteiger partial charge is 0.228 e. The summed E-state index contributed by atoms with van der Waals surface area (Å²) in [5.74, 6) is 1.65. The van der Waals surface area contributed by atoms with E-state index in [1.54, 1.807) is 7.11 Å². The van der Waals surface area contributed by atoms with Crippen LogP contribution in [0.4, 0.5) is 5.82 Å². The first kappa shape index (κ1) is 14.8. The number of methoxy groups -OCH3 is 1. The molecule has 0 bridgehead atoms. The molecule has 3 aromatic rings. The fraction of sp³-hybridized carbons (Fsp3) is 0.333. The van der Waals surface area contributed by atoms with E-state index in [1.807, 2.05) is 18.2 Å². The van der Waals surface area contributed by atoms with Crippen molar-refractivity contribution >= 4 is 22.6 Å². The number of aromatic amines is 1. The fourth-order valence-corrected chi connectivity index (χ4v) is 3.09. The molecule has 0 unspecified atom stereocenters. The minimum absolute atomic E-state index is 0.0609. The van der Waals surface area contributed by atoms with E-state index >= 15 is 0 Å². The predicted octanol–water partition coefficient (Wildman–Crippen LogP) is 3.41. The molecule has 1 aromatic carbocycles. The minimum atomic E-state index is 0.0609. The summed E-state index contributed by atoms with van der Waals surface area (Å²) in [5.41, 5.74) is 3.02. The van der Waals surface area contributed by atoms with Crippen LogP contribution in [0.3, 0.4) is 0 Å². The SMILES string of the molecule is CCn1c(-c2cc(NC(=O)C3CC3)n[nH]2)cc2c(OC)cccc21. The number of rotatable bonds is 5. The average molecular weight is 324 g/mol. The van der Waals surface area contributed by atoms with Gasteiger partial charge in [0.15, 0.2) is 5.82 Å². The topological polar surface area (TPSA) is 71.9 Å². The van der Waals surface area contributed by atoms with Crippen LogP contribution in [-0.2, 0) is 11.3 Å². The lowest BCUT2D eigenvalue weighted by Gasteiger charge is -2.06. The van der Waals surface area contributed by atoms with Crippen molar-refractivity contribution in [2.75, 3.05) is 12.4 Å². The van der Waals surface area contributed by atoms with Gasteiger partial charge in [-0.25, -0.2) is 0 Å². The lowest BCUT2D eigenvalue weighted by molar-refractivity contribution is -0.117. The van der Waals surface area contributed by atoms with Crippen LogP contribution in [-0.4, -0.2) is 27.8 Å². The van der Waals surface area contributed by atoms with Crippen molar-refractivity contribution in [2.45, 2.75) is 26.3 Å². The van der Waals surface area contributed by atoms with Gasteiger partial charge in [0.05, 0.1) is 24.0 Å². The molecule has 1 amide bonds. The van der Waals surface area contributed by atoms with Gasteiger partial charge in [-0.2, -0.15) is 5.10 Å². The Balaban J connectivity index is 1.73. The number of fused-ring (bicyclic) bond motifs is 1. The number of H-pyrrole nitrogens is 1. The number of nitrogens with zero attached hydrogens (tertiary/aromatic N) is 2. The number of ether oxygens (including phenoxy) is 1. The summed E-state index contributed by atoms with van der Waals surface area (Å²) in [5, 5.41) is 11.2. The average Bonchev–Trinajstić information content (AvgIpc) is 3.24. The van der Waals surface area contributed by atoms with Gasteiger partial charge in [0.2, 0.25) is 5.91 Å². The van der Waals surface area contributed by atoms with Crippen molar-refractivity contribution in [3.8, 4) is 17.1 Å². The Bertz CT molecular complexity index is 905. The molecule has 0 aliphatic heterocycles. The highest BCUT2D eigenvalue weighted by Crippen LogP contribution is 2.34. The van der Waals surface area contributed by atoms with Crippen LogP contribution in [0.2, 0.25) is 0 Å². The Morgan fingerprint density at radius 1 is 1.42 bits per heavy atom. The molecule has 1 fully saturated rings. The van der Waals surface area contributed by atoms with Crippen LogP contribution >= 0.6 is 0 Å². The summed E-state index contributed by atoms with van der Waals surface area (Å²) in [4.78, 5) is 11.9. The van der Waals surface area contributed by atoms with E-state index in [1.165, 1.54) is 0 Å². The monoisotopic (exact) mass is 324 g/mol. The summed E-state index contributed by atoms with van der Waals surface area (Å²) in [7, 11) is 1.68. The standard InChI is InChI=1S/C18H20N4O2/c1-3-22-14-5-4-6-16(24-2)12(14)9-15(22)13-10-17(21-20-13)19-18(23)11-7-8-11/h4-6,9-11H,3,7-8H2,1-2H3,(H2,19,20,21,23). The Labute approximate surface area is 139 Å². The first-order chi connectivity index (χ1) is 11.7. The zero-order valence-electron chi connectivity index (χ0n) is 13.8. The molecule has 1 saturated carbocycles. The third-order valence-electron chi connectivity index (χ3n) is 4.50. The van der Waals surface area contributed by atoms with Crippen LogP contribution in [0.5, 0.6) is 5.75 Å². The second-order valence-electron chi connectivity index (χ2n) is 6.10. The maximum Gasteiger partial charge on any atom is 0.228 e. The summed E-state index contributed by atoms with van der Waals surface area (Å²) in [6.07, 6.45) is 1.96. The molecule has 24 heavy (non-hydrogen) atoms. The second-order valence-corrected chi connectivity index (χ2v) is 6.10. The zero-order chi connectivity index (χ0) is 16.7. The number of hydrogen-bond donors (Lipinski definition) is 2. The van der Waals surface area contributed by atoms with E-state index in [0.717, 1.165) is 47.4 Å². The van der Waals surface area contributed by atoms with Crippen molar-refractivity contribution < 1.29 is 9.53 Å². The third kappa shape index (κ3) is 2.44. The maximum absolute atomic E-state index is 11.9. The molecule has 2 aromatic heterocycles. The van der Waals surface area contributed by atoms with Gasteiger partial charge in [0, 0.05) is 23.9 Å². The van der Waals surface area contributed by atoms with Crippen molar-refractivity contribution in [2.24, 2.45) is 5.92 Å². The van der Waals surface area contributed by atoms with Gasteiger partial charge in [0.25, 0.3) is 0 Å². The Morgan fingerprint density at radius 2 is 2.25 bits per heavy atom. The Morgan fingerprint density at radius 3 is 2.96 bits per heavy atom. The molecule has 0 saturated heterocycles. The van der Waals surface area contributed by atoms with E-state index in [0.29, 0.717) is 5.82 Å². The minimum Gasteiger partial charge on any atom is -0.496 e. The number of anilines is 1. The Hall–Kier alpha value is -2.76. The molecule has 1 aliphatic carbocycles. The number of carbonyl (C=O) groups is 1. The van der Waals surface area contributed by atoms with Gasteiger partial charge < -0.3 is 14.6 Å². The van der Waals surface area contributed by atoms with Crippen LogP contribution in [0, 0.1) is 5.92 Å². The van der Waals surface area contributed by atoms with Crippen molar-refractivity contribution in [3.63, 3.8) is 0 Å². The molecule has 2 heterocycles. The van der Waals surface area contributed by atoms with E-state index in [2.05, 4.69) is 39.1 Å². The van der Waals surface area contributed by atoms with E-state index in [9.17, 15) is 4.79 Å². The molecular weight excluding hydrogens is 304 g/mol. The first-order valence-electron chi connectivity index (χ1n) is 8.24. The first-order valence-corrected chi connectivity index (χ1v) is 8.24. The van der Waals surface area contributed by atoms with Gasteiger partial charge in [-0.3, -0.25) is 9.89 Å². The lowest BCUT2D eigenvalue weighted by atomic mass is 10.2.